The zero-order chi connectivity index (χ0) is 16.5. The van der Waals surface area contributed by atoms with E-state index in [1.807, 2.05) is 13.0 Å². The molecule has 0 saturated heterocycles. The van der Waals surface area contributed by atoms with Crippen molar-refractivity contribution >= 4 is 33.2 Å². The molecule has 0 spiro atoms. The molecule has 2 rings (SSSR count). The average Bonchev–Trinajstić information content (AvgIpc) is 2.42. The van der Waals surface area contributed by atoms with E-state index in [1.54, 1.807) is 19.1 Å². The maximum absolute atomic E-state index is 12.8. The highest BCUT2D eigenvalue weighted by Crippen LogP contribution is 2.28. The van der Waals surface area contributed by atoms with Gasteiger partial charge in [-0.25, -0.2) is 12.7 Å². The van der Waals surface area contributed by atoms with Gasteiger partial charge in [0, 0.05) is 11.9 Å². The van der Waals surface area contributed by atoms with Crippen molar-refractivity contribution < 1.29 is 13.2 Å². The molecule has 0 aliphatic heterocycles. The number of carbonyl (C=O) groups is 1. The van der Waals surface area contributed by atoms with Crippen molar-refractivity contribution in [1.82, 2.24) is 0 Å². The first-order valence-electron chi connectivity index (χ1n) is 6.62. The van der Waals surface area contributed by atoms with Gasteiger partial charge >= 0.3 is 0 Å². The second kappa shape index (κ2) is 6.10. The first kappa shape index (κ1) is 16.5. The molecule has 2 aromatic carbocycles. The summed E-state index contributed by atoms with van der Waals surface area (Å²) in [6.45, 7) is 4.84. The molecule has 0 radical (unpaired) electrons. The van der Waals surface area contributed by atoms with E-state index in [2.05, 4.69) is 0 Å². The second-order valence-corrected chi connectivity index (χ2v) is 7.26. The standard InChI is InChI=1S/C16H16ClNO3S/c1-11-4-5-12(2)16(10-11)18(13(3)19)22(20,21)15-8-6-14(17)7-9-15/h4-10H,1-3H3. The summed E-state index contributed by atoms with van der Waals surface area (Å²) in [6.07, 6.45) is 0. The summed E-state index contributed by atoms with van der Waals surface area (Å²) in [5, 5.41) is 0.431. The molecule has 0 saturated carbocycles. The molecule has 0 bridgehead atoms. The molecular formula is C16H16ClNO3S. The number of carbonyl (C=O) groups excluding carboxylic acids is 1. The maximum atomic E-state index is 12.8. The van der Waals surface area contributed by atoms with Gasteiger partial charge in [-0.05, 0) is 55.3 Å². The Balaban J connectivity index is 2.63. The Labute approximate surface area is 135 Å². The van der Waals surface area contributed by atoms with Crippen LogP contribution >= 0.6 is 11.6 Å². The van der Waals surface area contributed by atoms with Crippen molar-refractivity contribution in [3.63, 3.8) is 0 Å². The van der Waals surface area contributed by atoms with Crippen LogP contribution in [0.4, 0.5) is 5.69 Å². The SMILES string of the molecule is CC(=O)N(c1cc(C)ccc1C)S(=O)(=O)c1ccc(Cl)cc1. The van der Waals surface area contributed by atoms with E-state index in [4.69, 9.17) is 11.6 Å². The lowest BCUT2D eigenvalue weighted by molar-refractivity contribution is -0.115. The van der Waals surface area contributed by atoms with Gasteiger partial charge in [-0.15, -0.1) is 0 Å². The lowest BCUT2D eigenvalue weighted by Crippen LogP contribution is -2.35. The number of rotatable bonds is 3. The molecule has 0 aromatic heterocycles. The fourth-order valence-electron chi connectivity index (χ4n) is 2.12. The zero-order valence-corrected chi connectivity index (χ0v) is 14.1. The molecule has 22 heavy (non-hydrogen) atoms. The van der Waals surface area contributed by atoms with Gasteiger partial charge in [-0.2, -0.15) is 0 Å². The molecule has 2 aromatic rings. The molecule has 6 heteroatoms. The van der Waals surface area contributed by atoms with E-state index < -0.39 is 15.9 Å². The third kappa shape index (κ3) is 3.15. The number of amides is 1. The monoisotopic (exact) mass is 337 g/mol. The van der Waals surface area contributed by atoms with Crippen molar-refractivity contribution in [3.8, 4) is 0 Å². The quantitative estimate of drug-likeness (QED) is 0.858. The minimum Gasteiger partial charge on any atom is -0.274 e. The molecular weight excluding hydrogens is 322 g/mol. The molecule has 1 amide bonds. The number of aryl methyl sites for hydroxylation is 2. The van der Waals surface area contributed by atoms with Crippen LogP contribution in [0.15, 0.2) is 47.4 Å². The van der Waals surface area contributed by atoms with Gasteiger partial charge in [0.1, 0.15) is 0 Å². The number of hydrogen-bond donors (Lipinski definition) is 0. The van der Waals surface area contributed by atoms with Crippen LogP contribution in [0.3, 0.4) is 0 Å². The molecule has 0 atom stereocenters. The zero-order valence-electron chi connectivity index (χ0n) is 12.5. The van der Waals surface area contributed by atoms with Gasteiger partial charge in [0.25, 0.3) is 10.0 Å². The Kier molecular flexibility index (Phi) is 4.58. The number of hydrogen-bond acceptors (Lipinski definition) is 3. The largest absolute Gasteiger partial charge is 0.274 e. The number of anilines is 1. The second-order valence-electron chi connectivity index (χ2n) is 5.03. The third-order valence-corrected chi connectivity index (χ3v) is 5.28. The minimum atomic E-state index is -3.98. The van der Waals surface area contributed by atoms with E-state index >= 15 is 0 Å². The Morgan fingerprint density at radius 2 is 1.64 bits per heavy atom. The van der Waals surface area contributed by atoms with Crippen LogP contribution in [0.1, 0.15) is 18.1 Å². The first-order valence-corrected chi connectivity index (χ1v) is 8.44. The predicted molar refractivity (Wildman–Crippen MR) is 87.7 cm³/mol. The van der Waals surface area contributed by atoms with Gasteiger partial charge in [0.05, 0.1) is 10.6 Å². The summed E-state index contributed by atoms with van der Waals surface area (Å²) in [5.74, 6) is -0.566. The number of halogens is 1. The topological polar surface area (TPSA) is 54.5 Å². The van der Waals surface area contributed by atoms with E-state index in [0.717, 1.165) is 9.87 Å². The van der Waals surface area contributed by atoms with Crippen LogP contribution in [0, 0.1) is 13.8 Å². The predicted octanol–water partition coefficient (Wildman–Crippen LogP) is 3.70. The van der Waals surface area contributed by atoms with Crippen LogP contribution in [-0.2, 0) is 14.8 Å². The van der Waals surface area contributed by atoms with Gasteiger partial charge in [-0.1, -0.05) is 23.7 Å². The van der Waals surface area contributed by atoms with Crippen molar-refractivity contribution in [2.24, 2.45) is 0 Å². The average molecular weight is 338 g/mol. The normalized spacial score (nSPS) is 11.3. The highest BCUT2D eigenvalue weighted by molar-refractivity contribution is 7.93. The van der Waals surface area contributed by atoms with Crippen molar-refractivity contribution in [1.29, 1.82) is 0 Å². The van der Waals surface area contributed by atoms with E-state index in [9.17, 15) is 13.2 Å². The fraction of sp³-hybridized carbons (Fsp3) is 0.188. The Hall–Kier alpha value is -1.85. The molecule has 0 aliphatic carbocycles. The van der Waals surface area contributed by atoms with Crippen molar-refractivity contribution in [2.45, 2.75) is 25.7 Å². The van der Waals surface area contributed by atoms with Crippen LogP contribution in [0.25, 0.3) is 0 Å². The Morgan fingerprint density at radius 1 is 1.05 bits per heavy atom. The smallest absolute Gasteiger partial charge is 0.270 e. The number of nitrogens with zero attached hydrogens (tertiary/aromatic N) is 1. The summed E-state index contributed by atoms with van der Waals surface area (Å²) < 4.78 is 26.5. The van der Waals surface area contributed by atoms with Crippen LogP contribution < -0.4 is 4.31 Å². The maximum Gasteiger partial charge on any atom is 0.270 e. The Bertz CT molecular complexity index is 814. The lowest BCUT2D eigenvalue weighted by atomic mass is 10.1. The number of benzene rings is 2. The third-order valence-electron chi connectivity index (χ3n) is 3.22. The number of sulfonamides is 1. The Morgan fingerprint density at radius 3 is 2.18 bits per heavy atom. The van der Waals surface area contributed by atoms with Gasteiger partial charge in [0.15, 0.2) is 0 Å². The van der Waals surface area contributed by atoms with E-state index in [-0.39, 0.29) is 4.90 Å². The lowest BCUT2D eigenvalue weighted by Gasteiger charge is -2.23. The van der Waals surface area contributed by atoms with Crippen molar-refractivity contribution in [3.05, 3.63) is 58.6 Å². The summed E-state index contributed by atoms with van der Waals surface area (Å²) in [5.41, 5.74) is 1.94. The summed E-state index contributed by atoms with van der Waals surface area (Å²) in [6, 6.07) is 11.1. The van der Waals surface area contributed by atoms with Crippen LogP contribution in [0.5, 0.6) is 0 Å². The van der Waals surface area contributed by atoms with Crippen LogP contribution in [0.2, 0.25) is 5.02 Å². The summed E-state index contributed by atoms with van der Waals surface area (Å²) >= 11 is 5.79. The molecule has 0 unspecified atom stereocenters. The minimum absolute atomic E-state index is 0.0213. The van der Waals surface area contributed by atoms with Crippen LogP contribution in [-0.4, -0.2) is 14.3 Å². The highest BCUT2D eigenvalue weighted by atomic mass is 35.5. The molecule has 0 fully saturated rings. The molecule has 0 heterocycles. The molecule has 0 N–H and O–H groups in total. The van der Waals surface area contributed by atoms with E-state index in [1.165, 1.54) is 31.2 Å². The highest BCUT2D eigenvalue weighted by Gasteiger charge is 2.29. The molecule has 4 nitrogen and oxygen atoms in total. The first-order chi connectivity index (χ1) is 10.2. The van der Waals surface area contributed by atoms with Gasteiger partial charge in [0.2, 0.25) is 5.91 Å². The molecule has 116 valence electrons. The van der Waals surface area contributed by atoms with Gasteiger partial charge < -0.3 is 0 Å². The summed E-state index contributed by atoms with van der Waals surface area (Å²) in [4.78, 5) is 12.0. The summed E-state index contributed by atoms with van der Waals surface area (Å²) in [7, 11) is -3.98. The van der Waals surface area contributed by atoms with Gasteiger partial charge in [-0.3, -0.25) is 4.79 Å². The van der Waals surface area contributed by atoms with E-state index in [0.29, 0.717) is 16.3 Å². The molecule has 0 aliphatic rings. The fourth-order valence-corrected chi connectivity index (χ4v) is 3.73. The van der Waals surface area contributed by atoms with Crippen molar-refractivity contribution in [2.75, 3.05) is 4.31 Å².